The zero-order chi connectivity index (χ0) is 9.19. The van der Waals surface area contributed by atoms with Gasteiger partial charge in [-0.1, -0.05) is 12.1 Å². The van der Waals surface area contributed by atoms with Crippen LogP contribution >= 0.6 is 0 Å². The molecule has 1 nitrogen and oxygen atoms in total. The van der Waals surface area contributed by atoms with E-state index < -0.39 is 0 Å². The van der Waals surface area contributed by atoms with Crippen LogP contribution in [0.15, 0.2) is 24.3 Å². The second-order valence-corrected chi connectivity index (χ2v) is 3.84. The lowest BCUT2D eigenvalue weighted by molar-refractivity contribution is 0.420. The van der Waals surface area contributed by atoms with Gasteiger partial charge < -0.3 is 0 Å². The topological polar surface area (TPSA) is 0 Å². The third-order valence-corrected chi connectivity index (χ3v) is 2.49. The molecule has 0 aliphatic heterocycles. The van der Waals surface area contributed by atoms with E-state index in [1.807, 2.05) is 0 Å². The number of benzene rings is 1. The Kier molecular flexibility index (Phi) is 2.53. The summed E-state index contributed by atoms with van der Waals surface area (Å²) in [5, 5.41) is 0. The van der Waals surface area contributed by atoms with Gasteiger partial charge in [-0.3, -0.25) is 4.48 Å². The maximum atomic E-state index is 2.25. The van der Waals surface area contributed by atoms with Crippen molar-refractivity contribution in [1.82, 2.24) is 4.48 Å². The molecule has 0 saturated carbocycles. The maximum Gasteiger partial charge on any atom is 0.132 e. The molecule has 0 fully saturated rings. The van der Waals surface area contributed by atoms with Gasteiger partial charge >= 0.3 is 0 Å². The summed E-state index contributed by atoms with van der Waals surface area (Å²) in [4.78, 5) is 0. The molecule has 1 aromatic rings. The van der Waals surface area contributed by atoms with E-state index in [-0.39, 0.29) is 0 Å². The first-order valence-corrected chi connectivity index (χ1v) is 4.46. The van der Waals surface area contributed by atoms with Gasteiger partial charge in [-0.15, -0.1) is 0 Å². The van der Waals surface area contributed by atoms with Gasteiger partial charge in [0.2, 0.25) is 0 Å². The average molecular weight is 164 g/mol. The van der Waals surface area contributed by atoms with Crippen molar-refractivity contribution in [1.29, 1.82) is 0 Å². The Morgan fingerprint density at radius 3 is 2.42 bits per heavy atom. The van der Waals surface area contributed by atoms with E-state index in [0.717, 1.165) is 11.0 Å². The summed E-state index contributed by atoms with van der Waals surface area (Å²) in [6.45, 7) is 5.48. The molecule has 66 valence electrons. The number of nitrogens with zero attached hydrogens (tertiary/aromatic N) is 1. The molecule has 0 unspecified atom stereocenters. The van der Waals surface area contributed by atoms with E-state index in [9.17, 15) is 0 Å². The molecule has 1 heteroatoms. The number of hydrogen-bond acceptors (Lipinski definition) is 0. The highest BCUT2D eigenvalue weighted by Gasteiger charge is 2.14. The van der Waals surface area contributed by atoms with Crippen LogP contribution in [0.4, 0.5) is 5.69 Å². The van der Waals surface area contributed by atoms with E-state index in [2.05, 4.69) is 52.2 Å². The zero-order valence-electron chi connectivity index (χ0n) is 8.46. The van der Waals surface area contributed by atoms with E-state index >= 15 is 0 Å². The van der Waals surface area contributed by atoms with Crippen molar-refractivity contribution in [3.63, 3.8) is 0 Å². The molecule has 0 saturated heterocycles. The minimum absolute atomic E-state index is 0.960. The van der Waals surface area contributed by atoms with Gasteiger partial charge in [-0.05, 0) is 25.5 Å². The van der Waals surface area contributed by atoms with Crippen LogP contribution in [0.2, 0.25) is 0 Å². The highest BCUT2D eigenvalue weighted by atomic mass is 15.3. The molecule has 1 rings (SSSR count). The number of quaternary nitrogens is 1. The van der Waals surface area contributed by atoms with Crippen molar-refractivity contribution >= 4 is 5.69 Å². The molecule has 12 heavy (non-hydrogen) atoms. The van der Waals surface area contributed by atoms with Crippen LogP contribution in [0.5, 0.6) is 0 Å². The van der Waals surface area contributed by atoms with E-state index in [1.54, 1.807) is 0 Å². The molecule has 0 atom stereocenters. The van der Waals surface area contributed by atoms with Gasteiger partial charge in [0, 0.05) is 6.07 Å². The van der Waals surface area contributed by atoms with Crippen molar-refractivity contribution < 1.29 is 0 Å². The third kappa shape index (κ3) is 1.86. The van der Waals surface area contributed by atoms with Gasteiger partial charge in [-0.2, -0.15) is 0 Å². The largest absolute Gasteiger partial charge is 0.296 e. The number of aryl methyl sites for hydroxylation is 1. The first kappa shape index (κ1) is 9.27. The summed E-state index contributed by atoms with van der Waals surface area (Å²) in [5.41, 5.74) is 2.73. The molecule has 0 radical (unpaired) electrons. The lowest BCUT2D eigenvalue weighted by Crippen LogP contribution is -2.39. The number of hydrogen-bond donors (Lipinski definition) is 0. The Hall–Kier alpha value is -0.820. The van der Waals surface area contributed by atoms with E-state index in [1.165, 1.54) is 11.3 Å². The van der Waals surface area contributed by atoms with Crippen LogP contribution in [0.3, 0.4) is 0 Å². The molecule has 0 amide bonds. The van der Waals surface area contributed by atoms with Crippen LogP contribution < -0.4 is 4.48 Å². The highest BCUT2D eigenvalue weighted by Crippen LogP contribution is 2.19. The quantitative estimate of drug-likeness (QED) is 0.589. The molecule has 0 aliphatic carbocycles. The Labute approximate surface area is 75.2 Å². The summed E-state index contributed by atoms with van der Waals surface area (Å²) in [7, 11) is 4.46. The average Bonchev–Trinajstić information content (AvgIpc) is 2.05. The van der Waals surface area contributed by atoms with Gasteiger partial charge in [0.15, 0.2) is 0 Å². The van der Waals surface area contributed by atoms with Crippen molar-refractivity contribution in [3.8, 4) is 0 Å². The Morgan fingerprint density at radius 2 is 1.92 bits per heavy atom. The first-order valence-electron chi connectivity index (χ1n) is 4.46. The van der Waals surface area contributed by atoms with E-state index in [0.29, 0.717) is 0 Å². The third-order valence-electron chi connectivity index (χ3n) is 2.49. The Morgan fingerprint density at radius 1 is 1.25 bits per heavy atom. The molecule has 1 aromatic carbocycles. The minimum Gasteiger partial charge on any atom is -0.296 e. The summed E-state index contributed by atoms with van der Waals surface area (Å²) in [6.07, 6.45) is 0. The summed E-state index contributed by atoms with van der Waals surface area (Å²) < 4.78 is 0.960. The predicted octanol–water partition coefficient (Wildman–Crippen LogP) is 2.58. The fraction of sp³-hybridized carbons (Fsp3) is 0.455. The SMILES string of the molecule is CC[N+](C)(C)c1cccc(C)c1. The molecule has 0 aromatic heterocycles. The fourth-order valence-electron chi connectivity index (χ4n) is 1.19. The standard InChI is InChI=1S/C11H18N/c1-5-12(3,4)11-8-6-7-10(2)9-11/h6-9H,5H2,1-4H3/q+1. The number of rotatable bonds is 2. The lowest BCUT2D eigenvalue weighted by atomic mass is 10.2. The predicted molar refractivity (Wildman–Crippen MR) is 55.4 cm³/mol. The van der Waals surface area contributed by atoms with Crippen LogP contribution in [0.1, 0.15) is 12.5 Å². The smallest absolute Gasteiger partial charge is 0.132 e. The van der Waals surface area contributed by atoms with Crippen molar-refractivity contribution in [2.45, 2.75) is 13.8 Å². The molecule has 0 spiro atoms. The summed E-state index contributed by atoms with van der Waals surface area (Å²) in [6, 6.07) is 8.71. The zero-order valence-corrected chi connectivity index (χ0v) is 8.46. The summed E-state index contributed by atoms with van der Waals surface area (Å²) >= 11 is 0. The van der Waals surface area contributed by atoms with Crippen LogP contribution in [-0.4, -0.2) is 20.6 Å². The lowest BCUT2D eigenvalue weighted by Gasteiger charge is -2.27. The van der Waals surface area contributed by atoms with Gasteiger partial charge in [0.05, 0.1) is 20.6 Å². The first-order chi connectivity index (χ1) is 5.56. The Balaban J connectivity index is 3.03. The normalized spacial score (nSPS) is 11.7. The monoisotopic (exact) mass is 164 g/mol. The van der Waals surface area contributed by atoms with Gasteiger partial charge in [-0.25, -0.2) is 0 Å². The van der Waals surface area contributed by atoms with Crippen molar-refractivity contribution in [2.24, 2.45) is 0 Å². The van der Waals surface area contributed by atoms with Gasteiger partial charge in [0.25, 0.3) is 0 Å². The minimum atomic E-state index is 0.960. The van der Waals surface area contributed by atoms with Crippen LogP contribution in [0, 0.1) is 6.92 Å². The second-order valence-electron chi connectivity index (χ2n) is 3.84. The fourth-order valence-corrected chi connectivity index (χ4v) is 1.19. The molecular formula is C11H18N+. The van der Waals surface area contributed by atoms with Crippen molar-refractivity contribution in [2.75, 3.05) is 20.6 Å². The van der Waals surface area contributed by atoms with Gasteiger partial charge in [0.1, 0.15) is 5.69 Å². The molecular weight excluding hydrogens is 146 g/mol. The highest BCUT2D eigenvalue weighted by molar-refractivity contribution is 5.43. The van der Waals surface area contributed by atoms with Crippen molar-refractivity contribution in [3.05, 3.63) is 29.8 Å². The second kappa shape index (κ2) is 3.28. The van der Waals surface area contributed by atoms with E-state index in [4.69, 9.17) is 0 Å². The molecule has 0 heterocycles. The summed E-state index contributed by atoms with van der Waals surface area (Å²) in [5.74, 6) is 0. The molecule has 0 bridgehead atoms. The molecule has 0 aliphatic rings. The van der Waals surface area contributed by atoms with Crippen LogP contribution in [0.25, 0.3) is 0 Å². The maximum absolute atomic E-state index is 2.25. The molecule has 0 N–H and O–H groups in total. The van der Waals surface area contributed by atoms with Crippen LogP contribution in [-0.2, 0) is 0 Å². The Bertz CT molecular complexity index is 263.